The third kappa shape index (κ3) is 5.61. The first-order valence-electron chi connectivity index (χ1n) is 8.35. The van der Waals surface area contributed by atoms with Gasteiger partial charge in [-0.05, 0) is 37.0 Å². The molecule has 24 heavy (non-hydrogen) atoms. The second-order valence-corrected chi connectivity index (χ2v) is 5.76. The van der Waals surface area contributed by atoms with Gasteiger partial charge in [0, 0.05) is 25.7 Å². The van der Waals surface area contributed by atoms with E-state index in [0.29, 0.717) is 6.54 Å². The van der Waals surface area contributed by atoms with Crippen LogP contribution in [-0.2, 0) is 13.0 Å². The summed E-state index contributed by atoms with van der Waals surface area (Å²) in [7, 11) is 3.49. The van der Waals surface area contributed by atoms with Crippen LogP contribution in [0.4, 0.5) is 0 Å². The predicted octanol–water partition coefficient (Wildman–Crippen LogP) is 3.30. The Kier molecular flexibility index (Phi) is 7.15. The summed E-state index contributed by atoms with van der Waals surface area (Å²) in [6.07, 6.45) is 2.13. The molecule has 0 aliphatic heterocycles. The van der Waals surface area contributed by atoms with Crippen LogP contribution >= 0.6 is 0 Å². The SMILES string of the molecule is CN=C(NCCCc1ccccc1)NCc1ccc(C)cc1OC. The largest absolute Gasteiger partial charge is 0.496 e. The monoisotopic (exact) mass is 325 g/mol. The number of hydrogen-bond acceptors (Lipinski definition) is 2. The van der Waals surface area contributed by atoms with Crippen molar-refractivity contribution in [2.45, 2.75) is 26.3 Å². The molecule has 4 nitrogen and oxygen atoms in total. The summed E-state index contributed by atoms with van der Waals surface area (Å²) >= 11 is 0. The number of nitrogens with one attached hydrogen (secondary N) is 2. The number of methoxy groups -OCH3 is 1. The van der Waals surface area contributed by atoms with Gasteiger partial charge in [-0.2, -0.15) is 0 Å². The van der Waals surface area contributed by atoms with Crippen molar-refractivity contribution in [3.8, 4) is 5.75 Å². The Morgan fingerprint density at radius 2 is 1.88 bits per heavy atom. The Hall–Kier alpha value is -2.49. The van der Waals surface area contributed by atoms with E-state index in [4.69, 9.17) is 4.74 Å². The van der Waals surface area contributed by atoms with Crippen molar-refractivity contribution in [1.82, 2.24) is 10.6 Å². The smallest absolute Gasteiger partial charge is 0.191 e. The fourth-order valence-electron chi connectivity index (χ4n) is 2.54. The quantitative estimate of drug-likeness (QED) is 0.466. The van der Waals surface area contributed by atoms with Crippen LogP contribution in [0.2, 0.25) is 0 Å². The minimum atomic E-state index is 0.682. The highest BCUT2D eigenvalue weighted by atomic mass is 16.5. The number of rotatable bonds is 7. The molecule has 0 unspecified atom stereocenters. The van der Waals surface area contributed by atoms with Crippen molar-refractivity contribution >= 4 is 5.96 Å². The lowest BCUT2D eigenvalue weighted by molar-refractivity contribution is 0.408. The molecule has 0 aromatic heterocycles. The van der Waals surface area contributed by atoms with E-state index in [1.165, 1.54) is 11.1 Å². The summed E-state index contributed by atoms with van der Waals surface area (Å²) in [5, 5.41) is 6.69. The molecule has 0 atom stereocenters. The normalized spacial score (nSPS) is 11.2. The molecule has 128 valence electrons. The van der Waals surface area contributed by atoms with Crippen molar-refractivity contribution < 1.29 is 4.74 Å². The molecule has 0 fully saturated rings. The Morgan fingerprint density at radius 1 is 1.08 bits per heavy atom. The fraction of sp³-hybridized carbons (Fsp3) is 0.350. The summed E-state index contributed by atoms with van der Waals surface area (Å²) in [6.45, 7) is 3.63. The maximum Gasteiger partial charge on any atom is 0.191 e. The second-order valence-electron chi connectivity index (χ2n) is 5.76. The molecule has 0 aliphatic carbocycles. The van der Waals surface area contributed by atoms with Crippen LogP contribution in [0, 0.1) is 6.92 Å². The lowest BCUT2D eigenvalue weighted by Crippen LogP contribution is -2.37. The maximum atomic E-state index is 5.44. The molecule has 0 spiro atoms. The van der Waals surface area contributed by atoms with E-state index in [9.17, 15) is 0 Å². The lowest BCUT2D eigenvalue weighted by Gasteiger charge is -2.14. The van der Waals surface area contributed by atoms with Crippen molar-refractivity contribution in [1.29, 1.82) is 0 Å². The van der Waals surface area contributed by atoms with Gasteiger partial charge in [-0.15, -0.1) is 0 Å². The molecule has 0 saturated carbocycles. The first kappa shape index (κ1) is 17.9. The summed E-state index contributed by atoms with van der Waals surface area (Å²) in [6, 6.07) is 16.8. The molecule has 2 rings (SSSR count). The zero-order valence-electron chi connectivity index (χ0n) is 14.8. The number of benzene rings is 2. The number of aryl methyl sites for hydroxylation is 2. The van der Waals surface area contributed by atoms with Gasteiger partial charge in [-0.3, -0.25) is 4.99 Å². The van der Waals surface area contributed by atoms with E-state index in [2.05, 4.69) is 58.9 Å². The molecule has 2 aromatic carbocycles. The molecular formula is C20H27N3O. The second kappa shape index (κ2) is 9.60. The van der Waals surface area contributed by atoms with Crippen LogP contribution in [0.5, 0.6) is 5.75 Å². The third-order valence-corrected chi connectivity index (χ3v) is 3.89. The highest BCUT2D eigenvalue weighted by molar-refractivity contribution is 5.79. The van der Waals surface area contributed by atoms with Crippen LogP contribution in [0.25, 0.3) is 0 Å². The molecule has 2 N–H and O–H groups in total. The Balaban J connectivity index is 1.76. The van der Waals surface area contributed by atoms with E-state index >= 15 is 0 Å². The van der Waals surface area contributed by atoms with Gasteiger partial charge >= 0.3 is 0 Å². The topological polar surface area (TPSA) is 45.7 Å². The summed E-state index contributed by atoms with van der Waals surface area (Å²) in [4.78, 5) is 4.27. The van der Waals surface area contributed by atoms with Crippen LogP contribution in [0.15, 0.2) is 53.5 Å². The average molecular weight is 325 g/mol. The number of aliphatic imine (C=N–C) groups is 1. The molecule has 0 saturated heterocycles. The van der Waals surface area contributed by atoms with Gasteiger partial charge in [-0.1, -0.05) is 42.5 Å². The first-order chi connectivity index (χ1) is 11.7. The highest BCUT2D eigenvalue weighted by Gasteiger charge is 2.04. The van der Waals surface area contributed by atoms with Gasteiger partial charge in [0.15, 0.2) is 5.96 Å². The van der Waals surface area contributed by atoms with Crippen molar-refractivity contribution in [3.05, 3.63) is 65.2 Å². The molecule has 0 heterocycles. The van der Waals surface area contributed by atoms with Crippen LogP contribution in [0.3, 0.4) is 0 Å². The van der Waals surface area contributed by atoms with Gasteiger partial charge < -0.3 is 15.4 Å². The van der Waals surface area contributed by atoms with Crippen molar-refractivity contribution in [3.63, 3.8) is 0 Å². The zero-order valence-corrected chi connectivity index (χ0v) is 14.8. The molecule has 0 radical (unpaired) electrons. The Bertz CT molecular complexity index is 653. The van der Waals surface area contributed by atoms with Crippen molar-refractivity contribution in [2.75, 3.05) is 20.7 Å². The van der Waals surface area contributed by atoms with Crippen molar-refractivity contribution in [2.24, 2.45) is 4.99 Å². The minimum Gasteiger partial charge on any atom is -0.496 e. The predicted molar refractivity (Wildman–Crippen MR) is 101 cm³/mol. The van der Waals surface area contributed by atoms with Gasteiger partial charge in [0.05, 0.1) is 7.11 Å². The van der Waals surface area contributed by atoms with E-state index in [1.54, 1.807) is 14.2 Å². The average Bonchev–Trinajstić information content (AvgIpc) is 2.62. The molecule has 0 amide bonds. The van der Waals surface area contributed by atoms with E-state index < -0.39 is 0 Å². The number of nitrogens with zero attached hydrogens (tertiary/aromatic N) is 1. The summed E-state index contributed by atoms with van der Waals surface area (Å²) < 4.78 is 5.44. The van der Waals surface area contributed by atoms with Gasteiger partial charge in [0.25, 0.3) is 0 Å². The van der Waals surface area contributed by atoms with E-state index in [1.807, 2.05) is 12.1 Å². The standard InChI is InChI=1S/C20H27N3O/c1-16-11-12-18(19(14-16)24-3)15-23-20(21-2)22-13-7-10-17-8-5-4-6-9-17/h4-6,8-9,11-12,14H,7,10,13,15H2,1-3H3,(H2,21,22,23). The highest BCUT2D eigenvalue weighted by Crippen LogP contribution is 2.19. The number of guanidine groups is 1. The van der Waals surface area contributed by atoms with E-state index in [0.717, 1.165) is 36.7 Å². The molecule has 0 bridgehead atoms. The van der Waals surface area contributed by atoms with Gasteiger partial charge in [-0.25, -0.2) is 0 Å². The van der Waals surface area contributed by atoms with Crippen LogP contribution < -0.4 is 15.4 Å². The third-order valence-electron chi connectivity index (χ3n) is 3.89. The van der Waals surface area contributed by atoms with E-state index in [-0.39, 0.29) is 0 Å². The van der Waals surface area contributed by atoms with Crippen LogP contribution in [-0.4, -0.2) is 26.7 Å². The summed E-state index contributed by atoms with van der Waals surface area (Å²) in [5.74, 6) is 1.72. The molecule has 2 aromatic rings. The van der Waals surface area contributed by atoms with Gasteiger partial charge in [0.1, 0.15) is 5.75 Å². The number of ether oxygens (including phenoxy) is 1. The van der Waals surface area contributed by atoms with Crippen LogP contribution in [0.1, 0.15) is 23.1 Å². The summed E-state index contributed by atoms with van der Waals surface area (Å²) in [5.41, 5.74) is 3.68. The first-order valence-corrected chi connectivity index (χ1v) is 8.35. The lowest BCUT2D eigenvalue weighted by atomic mass is 10.1. The Morgan fingerprint density at radius 3 is 2.58 bits per heavy atom. The fourth-order valence-corrected chi connectivity index (χ4v) is 2.54. The molecular weight excluding hydrogens is 298 g/mol. The number of hydrogen-bond donors (Lipinski definition) is 2. The minimum absolute atomic E-state index is 0.682. The zero-order chi connectivity index (χ0) is 17.2. The Labute approximate surface area is 145 Å². The molecule has 0 aliphatic rings. The van der Waals surface area contributed by atoms with Gasteiger partial charge in [0.2, 0.25) is 0 Å². The maximum absolute atomic E-state index is 5.44. The molecule has 4 heteroatoms.